The van der Waals surface area contributed by atoms with Gasteiger partial charge in [0.2, 0.25) is 11.8 Å². The van der Waals surface area contributed by atoms with E-state index in [2.05, 4.69) is 4.98 Å². The van der Waals surface area contributed by atoms with Gasteiger partial charge >= 0.3 is 5.97 Å². The lowest BCUT2D eigenvalue weighted by atomic mass is 10.2. The van der Waals surface area contributed by atoms with Crippen molar-refractivity contribution in [1.82, 2.24) is 9.88 Å². The van der Waals surface area contributed by atoms with Gasteiger partial charge in [0.25, 0.3) is 0 Å². The zero-order valence-electron chi connectivity index (χ0n) is 10.5. The second-order valence-corrected chi connectivity index (χ2v) is 5.49. The highest BCUT2D eigenvalue weighted by atomic mass is 32.1. The molecular weight excluding hydrogens is 268 g/mol. The fourth-order valence-electron chi connectivity index (χ4n) is 1.99. The van der Waals surface area contributed by atoms with E-state index in [1.165, 1.54) is 4.90 Å². The van der Waals surface area contributed by atoms with E-state index >= 15 is 0 Å². The van der Waals surface area contributed by atoms with Gasteiger partial charge in [0.05, 0.1) is 12.2 Å². The molecule has 0 aliphatic carbocycles. The van der Waals surface area contributed by atoms with Gasteiger partial charge in [-0.15, -0.1) is 11.3 Å². The maximum absolute atomic E-state index is 11.8. The number of carboxylic acid groups (broad SMARTS) is 1. The predicted octanol–water partition coefficient (Wildman–Crippen LogP) is 1.58. The third kappa shape index (κ3) is 2.98. The first-order valence-electron chi connectivity index (χ1n) is 6.02. The summed E-state index contributed by atoms with van der Waals surface area (Å²) in [5.74, 6) is -1.44. The van der Waals surface area contributed by atoms with Gasteiger partial charge in [0, 0.05) is 12.8 Å². The van der Waals surface area contributed by atoms with Crippen molar-refractivity contribution in [3.05, 3.63) is 15.6 Å². The number of carbonyl (C=O) groups excluding carboxylic acids is 2. The van der Waals surface area contributed by atoms with Gasteiger partial charge in [0.15, 0.2) is 0 Å². The molecule has 1 fully saturated rings. The van der Waals surface area contributed by atoms with Crippen LogP contribution in [0.15, 0.2) is 0 Å². The summed E-state index contributed by atoms with van der Waals surface area (Å²) in [4.78, 5) is 40.0. The van der Waals surface area contributed by atoms with Crippen LogP contribution < -0.4 is 0 Å². The Balaban J connectivity index is 2.19. The molecule has 1 aromatic rings. The molecule has 0 bridgehead atoms. The summed E-state index contributed by atoms with van der Waals surface area (Å²) < 4.78 is 0. The Labute approximate surface area is 114 Å². The smallest absolute Gasteiger partial charge is 0.347 e. The molecule has 1 aromatic heterocycles. The minimum absolute atomic E-state index is 0.0798. The molecule has 7 heteroatoms. The largest absolute Gasteiger partial charge is 0.477 e. The van der Waals surface area contributed by atoms with Crippen LogP contribution >= 0.6 is 11.3 Å². The zero-order chi connectivity index (χ0) is 14.0. The third-order valence-corrected chi connectivity index (χ3v) is 4.09. The first kappa shape index (κ1) is 13.7. The molecule has 0 saturated carbocycles. The van der Waals surface area contributed by atoms with Crippen LogP contribution in [-0.4, -0.2) is 32.8 Å². The van der Waals surface area contributed by atoms with Crippen LogP contribution in [0.4, 0.5) is 0 Å². The fourth-order valence-corrected chi connectivity index (χ4v) is 2.88. The van der Waals surface area contributed by atoms with Gasteiger partial charge in [0.1, 0.15) is 9.88 Å². The van der Waals surface area contributed by atoms with Crippen molar-refractivity contribution in [3.8, 4) is 0 Å². The van der Waals surface area contributed by atoms with E-state index in [0.717, 1.165) is 24.2 Å². The van der Waals surface area contributed by atoms with E-state index in [-0.39, 0.29) is 23.2 Å². The van der Waals surface area contributed by atoms with Crippen molar-refractivity contribution in [2.24, 2.45) is 0 Å². The third-order valence-electron chi connectivity index (χ3n) is 2.96. The number of aromatic nitrogens is 1. The highest BCUT2D eigenvalue weighted by Gasteiger charge is 2.26. The minimum Gasteiger partial charge on any atom is -0.477 e. The normalized spacial score (nSPS) is 16.6. The first-order valence-corrected chi connectivity index (χ1v) is 6.83. The van der Waals surface area contributed by atoms with Crippen molar-refractivity contribution < 1.29 is 19.5 Å². The van der Waals surface area contributed by atoms with Crippen LogP contribution in [0, 0.1) is 6.92 Å². The molecule has 2 amide bonds. The monoisotopic (exact) mass is 282 g/mol. The van der Waals surface area contributed by atoms with E-state index in [1.807, 2.05) is 0 Å². The molecular formula is C12H14N2O4S. The van der Waals surface area contributed by atoms with Crippen molar-refractivity contribution in [3.63, 3.8) is 0 Å². The van der Waals surface area contributed by atoms with Crippen LogP contribution in [0.25, 0.3) is 0 Å². The zero-order valence-corrected chi connectivity index (χ0v) is 11.3. The number of aromatic carboxylic acids is 1. The maximum atomic E-state index is 11.8. The average Bonchev–Trinajstić information content (AvgIpc) is 2.64. The number of hydrogen-bond donors (Lipinski definition) is 1. The van der Waals surface area contributed by atoms with Crippen molar-refractivity contribution in [2.45, 2.75) is 39.2 Å². The van der Waals surface area contributed by atoms with Gasteiger partial charge in [-0.1, -0.05) is 0 Å². The number of amides is 2. The van der Waals surface area contributed by atoms with E-state index in [9.17, 15) is 14.4 Å². The molecule has 102 valence electrons. The number of nitrogens with zero attached hydrogens (tertiary/aromatic N) is 2. The maximum Gasteiger partial charge on any atom is 0.347 e. The average molecular weight is 282 g/mol. The van der Waals surface area contributed by atoms with Crippen LogP contribution in [0.2, 0.25) is 0 Å². The molecule has 2 heterocycles. The van der Waals surface area contributed by atoms with Crippen molar-refractivity contribution in [2.75, 3.05) is 0 Å². The summed E-state index contributed by atoms with van der Waals surface area (Å²) in [5, 5.41) is 9.44. The van der Waals surface area contributed by atoms with Crippen molar-refractivity contribution in [1.29, 1.82) is 0 Å². The minimum atomic E-state index is -1.03. The van der Waals surface area contributed by atoms with Crippen LogP contribution in [0.1, 0.15) is 46.1 Å². The highest BCUT2D eigenvalue weighted by Crippen LogP contribution is 2.21. The highest BCUT2D eigenvalue weighted by molar-refractivity contribution is 7.13. The molecule has 0 radical (unpaired) electrons. The Bertz CT molecular complexity index is 520. The molecule has 1 saturated heterocycles. The molecule has 0 spiro atoms. The van der Waals surface area contributed by atoms with Gasteiger partial charge in [-0.2, -0.15) is 0 Å². The van der Waals surface area contributed by atoms with Crippen LogP contribution in [0.5, 0.6) is 0 Å². The lowest BCUT2D eigenvalue weighted by Crippen LogP contribution is -2.34. The molecule has 0 unspecified atom stereocenters. The van der Waals surface area contributed by atoms with Gasteiger partial charge in [-0.3, -0.25) is 14.5 Å². The number of carbonyl (C=O) groups is 3. The van der Waals surface area contributed by atoms with Crippen LogP contribution in [-0.2, 0) is 16.1 Å². The Morgan fingerprint density at radius 1 is 1.32 bits per heavy atom. The number of aryl methyl sites for hydroxylation is 1. The number of likely N-dealkylation sites (tertiary alicyclic amines) is 1. The molecule has 6 nitrogen and oxygen atoms in total. The molecule has 19 heavy (non-hydrogen) atoms. The Hall–Kier alpha value is -1.76. The molecule has 0 aromatic carbocycles. The summed E-state index contributed by atoms with van der Waals surface area (Å²) in [6.07, 6.45) is 2.17. The molecule has 1 N–H and O–H groups in total. The van der Waals surface area contributed by atoms with E-state index < -0.39 is 5.97 Å². The second-order valence-electron chi connectivity index (χ2n) is 4.41. The Morgan fingerprint density at radius 2 is 1.89 bits per heavy atom. The molecule has 2 rings (SSSR count). The summed E-state index contributed by atoms with van der Waals surface area (Å²) in [7, 11) is 0. The van der Waals surface area contributed by atoms with Crippen LogP contribution in [0.3, 0.4) is 0 Å². The number of carboxylic acids is 1. The van der Waals surface area contributed by atoms with E-state index in [1.54, 1.807) is 6.92 Å². The Morgan fingerprint density at radius 3 is 2.37 bits per heavy atom. The number of rotatable bonds is 3. The summed E-state index contributed by atoms with van der Waals surface area (Å²) in [6.45, 7) is 1.69. The molecule has 0 atom stereocenters. The molecule has 1 aliphatic heterocycles. The molecule has 1 aliphatic rings. The standard InChI is InChI=1S/C12H14N2O4S/c1-7-11(12(17)18)19-8(13-7)6-14-9(15)4-2-3-5-10(14)16/h2-6H2,1H3,(H,17,18). The SMILES string of the molecule is Cc1nc(CN2C(=O)CCCCC2=O)sc1C(=O)O. The lowest BCUT2D eigenvalue weighted by Gasteiger charge is -2.16. The summed E-state index contributed by atoms with van der Waals surface area (Å²) >= 11 is 1.02. The van der Waals surface area contributed by atoms with Gasteiger partial charge in [-0.05, 0) is 19.8 Å². The Kier molecular flexibility index (Phi) is 3.94. The lowest BCUT2D eigenvalue weighted by molar-refractivity contribution is -0.144. The number of hydrogen-bond acceptors (Lipinski definition) is 5. The van der Waals surface area contributed by atoms with Gasteiger partial charge in [-0.25, -0.2) is 9.78 Å². The summed E-state index contributed by atoms with van der Waals surface area (Å²) in [5.41, 5.74) is 0.419. The predicted molar refractivity (Wildman–Crippen MR) is 67.8 cm³/mol. The van der Waals surface area contributed by atoms with Crippen molar-refractivity contribution >= 4 is 29.1 Å². The number of thiazole rings is 1. The summed E-state index contributed by atoms with van der Waals surface area (Å²) in [6, 6.07) is 0. The second kappa shape index (κ2) is 5.48. The van der Waals surface area contributed by atoms with E-state index in [0.29, 0.717) is 23.5 Å². The topological polar surface area (TPSA) is 87.6 Å². The fraction of sp³-hybridized carbons (Fsp3) is 0.500. The quantitative estimate of drug-likeness (QED) is 0.850. The van der Waals surface area contributed by atoms with Gasteiger partial charge < -0.3 is 5.11 Å². The number of imide groups is 1. The van der Waals surface area contributed by atoms with E-state index in [4.69, 9.17) is 5.11 Å². The first-order chi connectivity index (χ1) is 8.99.